The third kappa shape index (κ3) is 4.50. The molecule has 2 nitrogen and oxygen atoms in total. The topological polar surface area (TPSA) is 16.4 Å². The lowest BCUT2D eigenvalue weighted by Crippen LogP contribution is -2.28. The highest BCUT2D eigenvalue weighted by atomic mass is 16.3. The van der Waals surface area contributed by atoms with Crippen molar-refractivity contribution < 1.29 is 4.42 Å². The van der Waals surface area contributed by atoms with E-state index in [2.05, 4.69) is 205 Å². The second kappa shape index (κ2) is 11.8. The molecule has 0 radical (unpaired) electrons. The summed E-state index contributed by atoms with van der Waals surface area (Å²) in [6, 6.07) is 71.9. The Morgan fingerprint density at radius 3 is 1.53 bits per heavy atom. The van der Waals surface area contributed by atoms with Gasteiger partial charge in [0.2, 0.25) is 0 Å². The van der Waals surface area contributed by atoms with Crippen molar-refractivity contribution in [3.05, 3.63) is 222 Å². The van der Waals surface area contributed by atoms with Crippen molar-refractivity contribution in [2.45, 2.75) is 5.41 Å². The first-order valence-electron chi connectivity index (χ1n) is 17.5. The van der Waals surface area contributed by atoms with E-state index >= 15 is 0 Å². The maximum Gasteiger partial charge on any atom is 0.136 e. The average molecular weight is 652 g/mol. The van der Waals surface area contributed by atoms with Crippen molar-refractivity contribution in [2.24, 2.45) is 0 Å². The Morgan fingerprint density at radius 2 is 0.902 bits per heavy atom. The zero-order valence-corrected chi connectivity index (χ0v) is 27.9. The number of fused-ring (bicyclic) bond motifs is 6. The van der Waals surface area contributed by atoms with Crippen LogP contribution in [-0.4, -0.2) is 0 Å². The van der Waals surface area contributed by atoms with Crippen LogP contribution in [0.3, 0.4) is 0 Å². The van der Waals surface area contributed by atoms with Crippen LogP contribution in [0.5, 0.6) is 0 Å². The van der Waals surface area contributed by atoms with Gasteiger partial charge >= 0.3 is 0 Å². The highest BCUT2D eigenvalue weighted by molar-refractivity contribution is 6.12. The fraction of sp³-hybridized carbons (Fsp3) is 0.0204. The first kappa shape index (κ1) is 29.3. The van der Waals surface area contributed by atoms with Gasteiger partial charge in [-0.3, -0.25) is 0 Å². The molecule has 1 aromatic heterocycles. The quantitative estimate of drug-likeness (QED) is 0.178. The number of nitrogens with zero attached hydrogens (tertiary/aromatic N) is 1. The van der Waals surface area contributed by atoms with Gasteiger partial charge in [0.1, 0.15) is 11.2 Å². The molecule has 0 unspecified atom stereocenters. The molecule has 0 atom stereocenters. The summed E-state index contributed by atoms with van der Waals surface area (Å²) in [5.41, 5.74) is 14.6. The summed E-state index contributed by atoms with van der Waals surface area (Å²) in [5.74, 6) is 0. The highest BCUT2D eigenvalue weighted by Crippen LogP contribution is 2.56. The lowest BCUT2D eigenvalue weighted by atomic mass is 9.67. The SMILES string of the molecule is c1ccc(N(c2ccccc2)c2ccc(-c3cccc4oc5cc(C6(c7ccccc7)c7ccccc7-c7ccccc76)ccc5c34)cc2)cc1. The summed E-state index contributed by atoms with van der Waals surface area (Å²) in [4.78, 5) is 2.29. The fourth-order valence-corrected chi connectivity index (χ4v) is 8.40. The number of rotatable bonds is 6. The predicted molar refractivity (Wildman–Crippen MR) is 211 cm³/mol. The van der Waals surface area contributed by atoms with Crippen molar-refractivity contribution in [2.75, 3.05) is 4.90 Å². The lowest BCUT2D eigenvalue weighted by Gasteiger charge is -2.33. The van der Waals surface area contributed by atoms with Gasteiger partial charge in [-0.25, -0.2) is 0 Å². The van der Waals surface area contributed by atoms with Crippen LogP contribution in [-0.2, 0) is 5.41 Å². The van der Waals surface area contributed by atoms with Crippen LogP contribution in [0.2, 0.25) is 0 Å². The largest absolute Gasteiger partial charge is 0.456 e. The summed E-state index contributed by atoms with van der Waals surface area (Å²) in [5, 5.41) is 2.25. The minimum Gasteiger partial charge on any atom is -0.456 e. The molecule has 1 heterocycles. The molecule has 0 saturated carbocycles. The Hall–Kier alpha value is -6.64. The van der Waals surface area contributed by atoms with Crippen LogP contribution >= 0.6 is 0 Å². The summed E-state index contributed by atoms with van der Waals surface area (Å²) < 4.78 is 6.74. The Labute approximate surface area is 297 Å². The zero-order chi connectivity index (χ0) is 33.8. The maximum atomic E-state index is 6.74. The smallest absolute Gasteiger partial charge is 0.136 e. The van der Waals surface area contributed by atoms with Crippen LogP contribution in [0, 0.1) is 0 Å². The maximum absolute atomic E-state index is 6.74. The second-order valence-electron chi connectivity index (χ2n) is 13.3. The van der Waals surface area contributed by atoms with E-state index in [1.54, 1.807) is 0 Å². The van der Waals surface area contributed by atoms with Crippen LogP contribution in [0.1, 0.15) is 22.3 Å². The van der Waals surface area contributed by atoms with Gasteiger partial charge in [0.25, 0.3) is 0 Å². The number of benzene rings is 8. The minimum atomic E-state index is -0.469. The molecule has 0 fully saturated rings. The highest BCUT2D eigenvalue weighted by Gasteiger charge is 2.46. The van der Waals surface area contributed by atoms with Crippen molar-refractivity contribution in [1.82, 2.24) is 0 Å². The Balaban J connectivity index is 1.12. The van der Waals surface area contributed by atoms with Gasteiger partial charge in [0.05, 0.1) is 5.41 Å². The van der Waals surface area contributed by atoms with Gasteiger partial charge in [-0.15, -0.1) is 0 Å². The lowest BCUT2D eigenvalue weighted by molar-refractivity contribution is 0.665. The normalized spacial score (nSPS) is 12.9. The summed E-state index contributed by atoms with van der Waals surface area (Å²) in [6.45, 7) is 0. The van der Waals surface area contributed by atoms with Crippen molar-refractivity contribution in [3.63, 3.8) is 0 Å². The van der Waals surface area contributed by atoms with E-state index in [1.807, 2.05) is 0 Å². The molecule has 0 bridgehead atoms. The molecule has 0 amide bonds. The number of para-hydroxylation sites is 2. The zero-order valence-electron chi connectivity index (χ0n) is 27.9. The van der Waals surface area contributed by atoms with Gasteiger partial charge in [-0.05, 0) is 93.0 Å². The first-order valence-corrected chi connectivity index (χ1v) is 17.5. The fourth-order valence-electron chi connectivity index (χ4n) is 8.40. The summed E-state index contributed by atoms with van der Waals surface area (Å²) in [6.07, 6.45) is 0. The average Bonchev–Trinajstić information content (AvgIpc) is 3.73. The van der Waals surface area contributed by atoms with E-state index in [-0.39, 0.29) is 0 Å². The van der Waals surface area contributed by atoms with Crippen molar-refractivity contribution in [1.29, 1.82) is 0 Å². The molecule has 10 rings (SSSR count). The number of hydrogen-bond donors (Lipinski definition) is 0. The van der Waals surface area contributed by atoms with Crippen molar-refractivity contribution >= 4 is 39.0 Å². The third-order valence-electron chi connectivity index (χ3n) is 10.6. The van der Waals surface area contributed by atoms with Gasteiger partial charge < -0.3 is 9.32 Å². The van der Waals surface area contributed by atoms with E-state index in [9.17, 15) is 0 Å². The van der Waals surface area contributed by atoms with E-state index in [4.69, 9.17) is 4.42 Å². The minimum absolute atomic E-state index is 0.469. The van der Waals surface area contributed by atoms with Crippen LogP contribution in [0.15, 0.2) is 205 Å². The molecule has 9 aromatic rings. The number of furan rings is 1. The van der Waals surface area contributed by atoms with Crippen LogP contribution in [0.4, 0.5) is 17.1 Å². The molecule has 0 saturated heterocycles. The molecule has 0 aliphatic heterocycles. The van der Waals surface area contributed by atoms with E-state index in [0.717, 1.165) is 50.1 Å². The van der Waals surface area contributed by atoms with Gasteiger partial charge in [0.15, 0.2) is 0 Å². The first-order chi connectivity index (χ1) is 25.3. The molecule has 0 spiro atoms. The molecule has 8 aromatic carbocycles. The summed E-state index contributed by atoms with van der Waals surface area (Å²) in [7, 11) is 0. The van der Waals surface area contributed by atoms with Crippen LogP contribution in [0.25, 0.3) is 44.2 Å². The van der Waals surface area contributed by atoms with Gasteiger partial charge in [-0.2, -0.15) is 0 Å². The molecular formula is C49H33NO. The van der Waals surface area contributed by atoms with Gasteiger partial charge in [0, 0.05) is 27.8 Å². The second-order valence-corrected chi connectivity index (χ2v) is 13.3. The van der Waals surface area contributed by atoms with E-state index < -0.39 is 5.41 Å². The summed E-state index contributed by atoms with van der Waals surface area (Å²) >= 11 is 0. The Bertz CT molecular complexity index is 2590. The molecule has 1 aliphatic carbocycles. The molecule has 0 N–H and O–H groups in total. The molecular weight excluding hydrogens is 619 g/mol. The van der Waals surface area contributed by atoms with E-state index in [1.165, 1.54) is 33.4 Å². The van der Waals surface area contributed by atoms with Crippen LogP contribution < -0.4 is 4.90 Å². The Kier molecular flexibility index (Phi) is 6.75. The predicted octanol–water partition coefficient (Wildman–Crippen LogP) is 13.1. The number of anilines is 3. The van der Waals surface area contributed by atoms with E-state index in [0.29, 0.717) is 0 Å². The van der Waals surface area contributed by atoms with Crippen molar-refractivity contribution in [3.8, 4) is 22.3 Å². The van der Waals surface area contributed by atoms with Gasteiger partial charge in [-0.1, -0.05) is 152 Å². The standard InChI is InChI=1S/C49H33NO/c1-4-15-35(16-5-1)49(44-24-12-10-21-41(44)42-22-11-13-25-45(42)49)36-29-32-43-47(33-36)51-46-26-14-23-40(48(43)46)34-27-30-39(31-28-34)50(37-17-6-2-7-18-37)38-19-8-3-9-20-38/h1-33H. The number of hydrogen-bond acceptors (Lipinski definition) is 2. The Morgan fingerprint density at radius 1 is 0.373 bits per heavy atom. The third-order valence-corrected chi connectivity index (χ3v) is 10.6. The molecule has 240 valence electrons. The monoisotopic (exact) mass is 651 g/mol. The molecule has 2 heteroatoms. The molecule has 1 aliphatic rings. The molecule has 51 heavy (non-hydrogen) atoms.